The number of rotatable bonds is 4. The van der Waals surface area contributed by atoms with E-state index in [0.29, 0.717) is 12.5 Å². The summed E-state index contributed by atoms with van der Waals surface area (Å²) in [5.74, 6) is 0.502. The molecule has 0 unspecified atom stereocenters. The van der Waals surface area contributed by atoms with E-state index in [-0.39, 0.29) is 11.9 Å². The maximum Gasteiger partial charge on any atom is 0.308 e. The minimum Gasteiger partial charge on any atom is -0.466 e. The normalized spacial score (nSPS) is 21.1. The van der Waals surface area contributed by atoms with E-state index in [2.05, 4.69) is 11.3 Å². The van der Waals surface area contributed by atoms with Crippen molar-refractivity contribution in [1.82, 2.24) is 9.78 Å². The lowest BCUT2D eigenvalue weighted by Gasteiger charge is -2.26. The summed E-state index contributed by atoms with van der Waals surface area (Å²) < 4.78 is 7.01. The lowest BCUT2D eigenvalue weighted by molar-refractivity contribution is -0.149. The molecule has 1 aromatic heterocycles. The first-order chi connectivity index (χ1) is 11.2. The van der Waals surface area contributed by atoms with Crippen LogP contribution in [-0.4, -0.2) is 22.4 Å². The number of hydrogen-bond acceptors (Lipinski definition) is 3. The zero-order valence-corrected chi connectivity index (χ0v) is 14.0. The second kappa shape index (κ2) is 7.18. The van der Waals surface area contributed by atoms with Crippen LogP contribution in [0.25, 0.3) is 5.69 Å². The van der Waals surface area contributed by atoms with Crippen LogP contribution >= 0.6 is 11.6 Å². The second-order valence-corrected chi connectivity index (χ2v) is 6.43. The minimum atomic E-state index is -0.0391. The summed E-state index contributed by atoms with van der Waals surface area (Å²) in [6.07, 6.45) is 7.83. The lowest BCUT2D eigenvalue weighted by Crippen LogP contribution is -2.23. The third-order valence-corrected chi connectivity index (χ3v) is 4.76. The zero-order valence-electron chi connectivity index (χ0n) is 13.2. The largest absolute Gasteiger partial charge is 0.466 e. The first kappa shape index (κ1) is 16.1. The monoisotopic (exact) mass is 332 g/mol. The summed E-state index contributed by atoms with van der Waals surface area (Å²) in [7, 11) is 0. The van der Waals surface area contributed by atoms with Gasteiger partial charge in [0.1, 0.15) is 0 Å². The van der Waals surface area contributed by atoms with Gasteiger partial charge in [-0.15, -0.1) is 0 Å². The standard InChI is InChI=1S/C18H21ClN2O2/c1-2-23-18(22)14-5-3-13(4-6-14)15-11-20-21(12-15)17-9-7-16(19)8-10-17/h7-14H,2-6H2,1H3. The van der Waals surface area contributed by atoms with Crippen molar-refractivity contribution in [3.05, 3.63) is 47.2 Å². The summed E-state index contributed by atoms with van der Waals surface area (Å²) in [5.41, 5.74) is 2.24. The van der Waals surface area contributed by atoms with Crippen LogP contribution < -0.4 is 0 Å². The average Bonchev–Trinajstić information content (AvgIpc) is 3.06. The number of carbonyl (C=O) groups excluding carboxylic acids is 1. The molecule has 5 heteroatoms. The fourth-order valence-electron chi connectivity index (χ4n) is 3.21. The Kier molecular flexibility index (Phi) is 5.01. The van der Waals surface area contributed by atoms with Crippen molar-refractivity contribution in [1.29, 1.82) is 0 Å². The Morgan fingerprint density at radius 3 is 2.61 bits per heavy atom. The molecule has 0 saturated heterocycles. The van der Waals surface area contributed by atoms with Crippen molar-refractivity contribution in [3.63, 3.8) is 0 Å². The van der Waals surface area contributed by atoms with Gasteiger partial charge in [-0.3, -0.25) is 4.79 Å². The Balaban J connectivity index is 1.63. The molecule has 4 nitrogen and oxygen atoms in total. The van der Waals surface area contributed by atoms with Gasteiger partial charge in [0.2, 0.25) is 0 Å². The molecular weight excluding hydrogens is 312 g/mol. The van der Waals surface area contributed by atoms with Crippen molar-refractivity contribution in [2.45, 2.75) is 38.5 Å². The van der Waals surface area contributed by atoms with Crippen LogP contribution in [0, 0.1) is 5.92 Å². The van der Waals surface area contributed by atoms with E-state index in [9.17, 15) is 4.79 Å². The van der Waals surface area contributed by atoms with Gasteiger partial charge in [0.25, 0.3) is 0 Å². The lowest BCUT2D eigenvalue weighted by atomic mass is 9.79. The second-order valence-electron chi connectivity index (χ2n) is 6.00. The zero-order chi connectivity index (χ0) is 16.2. The maximum absolute atomic E-state index is 11.8. The van der Waals surface area contributed by atoms with Gasteiger partial charge in [-0.2, -0.15) is 5.10 Å². The van der Waals surface area contributed by atoms with Crippen molar-refractivity contribution in [2.75, 3.05) is 6.61 Å². The van der Waals surface area contributed by atoms with E-state index >= 15 is 0 Å². The molecule has 122 valence electrons. The van der Waals surface area contributed by atoms with Crippen molar-refractivity contribution in [3.8, 4) is 5.69 Å². The molecule has 0 radical (unpaired) electrons. The van der Waals surface area contributed by atoms with E-state index < -0.39 is 0 Å². The molecule has 0 amide bonds. The molecule has 1 aliphatic carbocycles. The van der Waals surface area contributed by atoms with Gasteiger partial charge in [0, 0.05) is 11.2 Å². The topological polar surface area (TPSA) is 44.1 Å². The number of esters is 1. The minimum absolute atomic E-state index is 0.0391. The Labute approximate surface area is 141 Å². The Morgan fingerprint density at radius 1 is 1.26 bits per heavy atom. The van der Waals surface area contributed by atoms with Crippen molar-refractivity contribution < 1.29 is 9.53 Å². The van der Waals surface area contributed by atoms with Crippen LogP contribution in [0.1, 0.15) is 44.1 Å². The highest BCUT2D eigenvalue weighted by Crippen LogP contribution is 2.36. The molecule has 0 bridgehead atoms. The Bertz CT molecular complexity index is 658. The number of aromatic nitrogens is 2. The van der Waals surface area contributed by atoms with E-state index in [1.807, 2.05) is 42.1 Å². The predicted molar refractivity (Wildman–Crippen MR) is 89.9 cm³/mol. The third-order valence-electron chi connectivity index (χ3n) is 4.51. The molecule has 1 aromatic carbocycles. The predicted octanol–water partition coefficient (Wildman–Crippen LogP) is 4.36. The molecule has 1 aliphatic rings. The number of hydrogen-bond donors (Lipinski definition) is 0. The van der Waals surface area contributed by atoms with Gasteiger partial charge in [0.15, 0.2) is 0 Å². The molecule has 1 fully saturated rings. The maximum atomic E-state index is 11.8. The van der Waals surface area contributed by atoms with E-state index in [1.54, 1.807) is 0 Å². The highest BCUT2D eigenvalue weighted by Gasteiger charge is 2.28. The van der Waals surface area contributed by atoms with Crippen LogP contribution in [0.4, 0.5) is 0 Å². The highest BCUT2D eigenvalue weighted by molar-refractivity contribution is 6.30. The first-order valence-electron chi connectivity index (χ1n) is 8.14. The van der Waals surface area contributed by atoms with Crippen LogP contribution in [0.3, 0.4) is 0 Å². The van der Waals surface area contributed by atoms with E-state index in [0.717, 1.165) is 36.4 Å². The molecule has 0 N–H and O–H groups in total. The molecule has 1 heterocycles. The summed E-state index contributed by atoms with van der Waals surface area (Å²) in [4.78, 5) is 11.8. The van der Waals surface area contributed by atoms with Crippen LogP contribution in [0.15, 0.2) is 36.7 Å². The molecular formula is C18H21ClN2O2. The van der Waals surface area contributed by atoms with Gasteiger partial charge in [-0.05, 0) is 68.4 Å². The molecule has 2 aromatic rings. The summed E-state index contributed by atoms with van der Waals surface area (Å²) >= 11 is 5.92. The van der Waals surface area contributed by atoms with Crippen molar-refractivity contribution >= 4 is 17.6 Å². The highest BCUT2D eigenvalue weighted by atomic mass is 35.5. The van der Waals surface area contributed by atoms with Crippen LogP contribution in [0.5, 0.6) is 0 Å². The number of nitrogens with zero attached hydrogens (tertiary/aromatic N) is 2. The smallest absolute Gasteiger partial charge is 0.308 e. The van der Waals surface area contributed by atoms with Gasteiger partial charge in [0.05, 0.1) is 24.4 Å². The van der Waals surface area contributed by atoms with Gasteiger partial charge in [-0.1, -0.05) is 11.6 Å². The van der Waals surface area contributed by atoms with Gasteiger partial charge >= 0.3 is 5.97 Å². The van der Waals surface area contributed by atoms with Crippen molar-refractivity contribution in [2.24, 2.45) is 5.92 Å². The number of ether oxygens (including phenoxy) is 1. The quantitative estimate of drug-likeness (QED) is 0.781. The number of halogens is 1. The molecule has 0 atom stereocenters. The molecule has 0 aliphatic heterocycles. The Morgan fingerprint density at radius 2 is 1.96 bits per heavy atom. The Hall–Kier alpha value is -1.81. The third kappa shape index (κ3) is 3.75. The van der Waals surface area contributed by atoms with E-state index in [1.165, 1.54) is 5.56 Å². The first-order valence-corrected chi connectivity index (χ1v) is 8.52. The fraction of sp³-hybridized carbons (Fsp3) is 0.444. The van der Waals surface area contributed by atoms with Crippen LogP contribution in [0.2, 0.25) is 5.02 Å². The summed E-state index contributed by atoms with van der Waals surface area (Å²) in [6, 6.07) is 7.64. The van der Waals surface area contributed by atoms with E-state index in [4.69, 9.17) is 16.3 Å². The number of benzene rings is 1. The molecule has 1 saturated carbocycles. The molecule has 23 heavy (non-hydrogen) atoms. The van der Waals surface area contributed by atoms with Gasteiger partial charge < -0.3 is 4.74 Å². The summed E-state index contributed by atoms with van der Waals surface area (Å²) in [6.45, 7) is 2.32. The van der Waals surface area contributed by atoms with Gasteiger partial charge in [-0.25, -0.2) is 4.68 Å². The fourth-order valence-corrected chi connectivity index (χ4v) is 3.33. The van der Waals surface area contributed by atoms with Crippen LogP contribution in [-0.2, 0) is 9.53 Å². The number of carbonyl (C=O) groups is 1. The SMILES string of the molecule is CCOC(=O)C1CCC(c2cnn(-c3ccc(Cl)cc3)c2)CC1. The molecule has 0 spiro atoms. The average molecular weight is 333 g/mol. The summed E-state index contributed by atoms with van der Waals surface area (Å²) in [5, 5.41) is 5.18. The molecule has 3 rings (SSSR count).